The van der Waals surface area contributed by atoms with Crippen molar-refractivity contribution in [1.82, 2.24) is 4.98 Å². The summed E-state index contributed by atoms with van der Waals surface area (Å²) in [5, 5.41) is 3.58. The lowest BCUT2D eigenvalue weighted by Crippen LogP contribution is -2.43. The summed E-state index contributed by atoms with van der Waals surface area (Å²) >= 11 is 11.8. The maximum atomic E-state index is 12.3. The fraction of sp³-hybridized carbons (Fsp3) is 0.333. The first-order valence-electron chi connectivity index (χ1n) is 8.26. The molecule has 1 fully saturated rings. The number of anilines is 1. The molecule has 0 radical (unpaired) electrons. The maximum Gasteiger partial charge on any atom is 0.241 e. The van der Waals surface area contributed by atoms with Crippen LogP contribution < -0.4 is 15.8 Å². The van der Waals surface area contributed by atoms with Crippen molar-refractivity contribution in [2.24, 2.45) is 11.7 Å². The highest BCUT2D eigenvalue weighted by Gasteiger charge is 2.26. The van der Waals surface area contributed by atoms with Gasteiger partial charge < -0.3 is 20.5 Å². The lowest BCUT2D eigenvalue weighted by atomic mass is 9.92. The smallest absolute Gasteiger partial charge is 0.241 e. The average molecular weight is 469 g/mol. The van der Waals surface area contributed by atoms with Crippen LogP contribution in [0, 0.1) is 5.92 Å². The Kier molecular flexibility index (Phi) is 10.3. The van der Waals surface area contributed by atoms with Crippen molar-refractivity contribution in [3.63, 3.8) is 0 Å². The Labute approximate surface area is 185 Å². The van der Waals surface area contributed by atoms with Crippen molar-refractivity contribution >= 4 is 59.6 Å². The molecule has 1 unspecified atom stereocenters. The predicted molar refractivity (Wildman–Crippen MR) is 115 cm³/mol. The molecule has 154 valence electrons. The summed E-state index contributed by atoms with van der Waals surface area (Å²) in [5.41, 5.74) is 6.71. The first-order valence-corrected chi connectivity index (χ1v) is 9.01. The number of carbonyl (C=O) groups excluding carboxylic acids is 1. The number of nitrogens with two attached hydrogens (primary N) is 1. The molecule has 2 aromatic rings. The zero-order valence-electron chi connectivity index (χ0n) is 14.8. The fourth-order valence-corrected chi connectivity index (χ4v) is 3.13. The summed E-state index contributed by atoms with van der Waals surface area (Å²) in [5.74, 6) is 0.736. The number of benzene rings is 1. The van der Waals surface area contributed by atoms with Crippen molar-refractivity contribution in [3.05, 3.63) is 46.6 Å². The van der Waals surface area contributed by atoms with Gasteiger partial charge in [-0.05, 0) is 49.1 Å². The molecule has 1 aliphatic heterocycles. The van der Waals surface area contributed by atoms with Crippen molar-refractivity contribution in [3.8, 4) is 11.6 Å². The van der Waals surface area contributed by atoms with Gasteiger partial charge in [0.1, 0.15) is 10.8 Å². The molecular formula is C18H21Cl4N3O3. The third-order valence-corrected chi connectivity index (χ3v) is 4.66. The quantitative estimate of drug-likeness (QED) is 0.663. The second-order valence-corrected chi connectivity index (χ2v) is 6.88. The molecule has 2 heterocycles. The van der Waals surface area contributed by atoms with Crippen molar-refractivity contribution < 1.29 is 14.3 Å². The third-order valence-electron chi connectivity index (χ3n) is 4.19. The van der Waals surface area contributed by atoms with Crippen LogP contribution in [0.5, 0.6) is 11.6 Å². The molecule has 0 bridgehead atoms. The van der Waals surface area contributed by atoms with Crippen LogP contribution >= 0.6 is 48.0 Å². The Morgan fingerprint density at radius 2 is 1.86 bits per heavy atom. The summed E-state index contributed by atoms with van der Waals surface area (Å²) in [6.07, 6.45) is 3.06. The molecule has 3 N–H and O–H groups in total. The second-order valence-electron chi connectivity index (χ2n) is 6.03. The maximum absolute atomic E-state index is 12.3. The zero-order chi connectivity index (χ0) is 18.5. The zero-order valence-corrected chi connectivity index (χ0v) is 17.9. The molecule has 10 heteroatoms. The van der Waals surface area contributed by atoms with Gasteiger partial charge in [-0.3, -0.25) is 4.79 Å². The van der Waals surface area contributed by atoms with Crippen molar-refractivity contribution in [1.29, 1.82) is 0 Å². The molecular weight excluding hydrogens is 448 g/mol. The number of hydrogen-bond acceptors (Lipinski definition) is 5. The Morgan fingerprint density at radius 3 is 2.46 bits per heavy atom. The van der Waals surface area contributed by atoms with E-state index in [4.69, 9.17) is 38.4 Å². The molecule has 0 spiro atoms. The normalized spacial score (nSPS) is 15.0. The standard InChI is InChI=1S/C18H19Cl2N3O3.2ClH/c19-12-9-15(20)18(22-10-12)26-14-3-1-13(2-4-14)23-17(24)16(21)11-5-7-25-8-6-11;;/h1-4,9-11,16H,5-8,21H2,(H,23,24);2*1H. The Bertz CT molecular complexity index is 771. The lowest BCUT2D eigenvalue weighted by molar-refractivity contribution is -0.119. The summed E-state index contributed by atoms with van der Waals surface area (Å²) in [7, 11) is 0. The van der Waals surface area contributed by atoms with Crippen LogP contribution in [0.15, 0.2) is 36.5 Å². The number of aromatic nitrogens is 1. The molecule has 1 aromatic carbocycles. The first-order chi connectivity index (χ1) is 12.5. The van der Waals surface area contributed by atoms with Gasteiger partial charge >= 0.3 is 0 Å². The van der Waals surface area contributed by atoms with E-state index in [-0.39, 0.29) is 42.5 Å². The summed E-state index contributed by atoms with van der Waals surface area (Å²) in [6, 6.07) is 7.89. The van der Waals surface area contributed by atoms with Crippen LogP contribution in [-0.4, -0.2) is 30.1 Å². The number of hydrogen-bond donors (Lipinski definition) is 2. The molecule has 0 aliphatic carbocycles. The van der Waals surface area contributed by atoms with Gasteiger partial charge in [-0.1, -0.05) is 23.2 Å². The molecule has 0 saturated carbocycles. The van der Waals surface area contributed by atoms with Gasteiger partial charge in [0.25, 0.3) is 0 Å². The Morgan fingerprint density at radius 1 is 1.21 bits per heavy atom. The first kappa shape index (κ1) is 24.8. The number of nitrogens with one attached hydrogen (secondary N) is 1. The van der Waals surface area contributed by atoms with E-state index in [2.05, 4.69) is 10.3 Å². The number of pyridine rings is 1. The molecule has 1 aliphatic rings. The van der Waals surface area contributed by atoms with Crippen LogP contribution in [0.2, 0.25) is 10.0 Å². The van der Waals surface area contributed by atoms with Gasteiger partial charge in [0.2, 0.25) is 11.8 Å². The minimum absolute atomic E-state index is 0. The summed E-state index contributed by atoms with van der Waals surface area (Å²) in [6.45, 7) is 1.30. The fourth-order valence-electron chi connectivity index (χ4n) is 2.71. The van der Waals surface area contributed by atoms with E-state index in [1.165, 1.54) is 6.20 Å². The number of carbonyl (C=O) groups is 1. The van der Waals surface area contributed by atoms with Crippen molar-refractivity contribution in [2.45, 2.75) is 18.9 Å². The summed E-state index contributed by atoms with van der Waals surface area (Å²) in [4.78, 5) is 16.4. The van der Waals surface area contributed by atoms with Gasteiger partial charge in [-0.15, -0.1) is 24.8 Å². The predicted octanol–water partition coefficient (Wildman–Crippen LogP) is 4.72. The third kappa shape index (κ3) is 6.65. The highest BCUT2D eigenvalue weighted by molar-refractivity contribution is 6.35. The van der Waals surface area contributed by atoms with E-state index >= 15 is 0 Å². The second kappa shape index (κ2) is 11.7. The van der Waals surface area contributed by atoms with E-state index < -0.39 is 6.04 Å². The molecule has 3 rings (SSSR count). The number of nitrogens with zero attached hydrogens (tertiary/aromatic N) is 1. The van der Waals surface area contributed by atoms with E-state index in [0.29, 0.717) is 34.7 Å². The number of ether oxygens (including phenoxy) is 2. The van der Waals surface area contributed by atoms with Gasteiger partial charge in [0, 0.05) is 25.1 Å². The SMILES string of the molecule is Cl.Cl.NC(C(=O)Nc1ccc(Oc2ncc(Cl)cc2Cl)cc1)C1CCOCC1. The summed E-state index contributed by atoms with van der Waals surface area (Å²) < 4.78 is 10.9. The van der Waals surface area contributed by atoms with Gasteiger partial charge in [0.05, 0.1) is 11.1 Å². The van der Waals surface area contributed by atoms with E-state index in [1.807, 2.05) is 0 Å². The average Bonchev–Trinajstić information content (AvgIpc) is 2.65. The minimum atomic E-state index is -0.549. The monoisotopic (exact) mass is 467 g/mol. The van der Waals surface area contributed by atoms with Crippen LogP contribution in [0.4, 0.5) is 5.69 Å². The number of amides is 1. The van der Waals surface area contributed by atoms with Gasteiger partial charge in [-0.2, -0.15) is 0 Å². The molecule has 1 amide bonds. The lowest BCUT2D eigenvalue weighted by Gasteiger charge is -2.26. The molecule has 6 nitrogen and oxygen atoms in total. The Hall–Kier alpha value is -1.28. The molecule has 1 aromatic heterocycles. The molecule has 28 heavy (non-hydrogen) atoms. The topological polar surface area (TPSA) is 86.5 Å². The van der Waals surface area contributed by atoms with Crippen LogP contribution in [-0.2, 0) is 9.53 Å². The van der Waals surface area contributed by atoms with Crippen LogP contribution in [0.1, 0.15) is 12.8 Å². The number of halogens is 4. The molecule has 1 atom stereocenters. The van der Waals surface area contributed by atoms with Gasteiger partial charge in [-0.25, -0.2) is 4.98 Å². The van der Waals surface area contributed by atoms with E-state index in [0.717, 1.165) is 12.8 Å². The Balaban J connectivity index is 0.00000196. The number of rotatable bonds is 5. The van der Waals surface area contributed by atoms with E-state index in [9.17, 15) is 4.79 Å². The highest BCUT2D eigenvalue weighted by Crippen LogP contribution is 2.29. The minimum Gasteiger partial charge on any atom is -0.438 e. The van der Waals surface area contributed by atoms with Gasteiger partial charge in [0.15, 0.2) is 0 Å². The van der Waals surface area contributed by atoms with Crippen LogP contribution in [0.25, 0.3) is 0 Å². The van der Waals surface area contributed by atoms with Crippen molar-refractivity contribution in [2.75, 3.05) is 18.5 Å². The largest absolute Gasteiger partial charge is 0.438 e. The van der Waals surface area contributed by atoms with Crippen LogP contribution in [0.3, 0.4) is 0 Å². The molecule has 1 saturated heterocycles. The highest BCUT2D eigenvalue weighted by atomic mass is 35.5. The van der Waals surface area contributed by atoms with E-state index in [1.54, 1.807) is 30.3 Å².